The molecule has 1 aliphatic rings. The van der Waals surface area contributed by atoms with Crippen molar-refractivity contribution in [1.29, 1.82) is 0 Å². The van der Waals surface area contributed by atoms with Gasteiger partial charge < -0.3 is 10.1 Å². The van der Waals surface area contributed by atoms with Crippen LogP contribution in [0.4, 0.5) is 5.69 Å². The van der Waals surface area contributed by atoms with Crippen LogP contribution in [0.15, 0.2) is 23.1 Å². The van der Waals surface area contributed by atoms with Crippen molar-refractivity contribution in [3.63, 3.8) is 0 Å². The molecule has 1 saturated heterocycles. The highest BCUT2D eigenvalue weighted by atomic mass is 35.5. The van der Waals surface area contributed by atoms with Crippen molar-refractivity contribution in [2.24, 2.45) is 5.14 Å². The topological polar surface area (TPSA) is 84.7 Å². The Balaban J connectivity index is 2.00. The normalized spacial score (nSPS) is 16.7. The van der Waals surface area contributed by atoms with Crippen LogP contribution in [-0.2, 0) is 14.8 Å². The van der Waals surface area contributed by atoms with Gasteiger partial charge in [-0.3, -0.25) is 0 Å². The summed E-state index contributed by atoms with van der Waals surface area (Å²) in [6, 6.07) is 4.21. The Morgan fingerprint density at radius 3 is 2.67 bits per heavy atom. The largest absolute Gasteiger partial charge is 0.379 e. The maximum Gasteiger partial charge on any atom is 0.238 e. The molecule has 2 rings (SSSR count). The van der Waals surface area contributed by atoms with Crippen LogP contribution in [-0.4, -0.2) is 43.3 Å². The summed E-state index contributed by atoms with van der Waals surface area (Å²) in [5.41, 5.74) is 0.537. The standard InChI is InChI=1S/C11H14ClN3O3S3/c12-9-7-8(21(13,16)17)1-2-10(9)14-11(19)20-15-3-5-18-6-4-15/h1-2,7H,3-6H2,(H,14,19)(H2,13,16,17). The third-order valence-corrected chi connectivity index (χ3v) is 5.13. The van der Waals surface area contributed by atoms with Crippen molar-refractivity contribution < 1.29 is 13.2 Å². The van der Waals surface area contributed by atoms with Crippen molar-refractivity contribution in [3.8, 4) is 0 Å². The second kappa shape index (κ2) is 7.23. The third-order valence-electron chi connectivity index (χ3n) is 2.69. The molecule has 1 heterocycles. The minimum Gasteiger partial charge on any atom is -0.379 e. The van der Waals surface area contributed by atoms with Crippen LogP contribution in [0.3, 0.4) is 0 Å². The van der Waals surface area contributed by atoms with Crippen LogP contribution in [0.25, 0.3) is 0 Å². The highest BCUT2D eigenvalue weighted by Gasteiger charge is 2.15. The number of sulfonamides is 1. The van der Waals surface area contributed by atoms with Crippen molar-refractivity contribution >= 4 is 55.8 Å². The molecule has 1 aromatic carbocycles. The van der Waals surface area contributed by atoms with E-state index in [1.54, 1.807) is 0 Å². The Labute approximate surface area is 138 Å². The van der Waals surface area contributed by atoms with E-state index in [4.69, 9.17) is 33.7 Å². The average Bonchev–Trinajstić information content (AvgIpc) is 2.41. The number of anilines is 1. The van der Waals surface area contributed by atoms with Crippen LogP contribution in [0.5, 0.6) is 0 Å². The number of hydrogen-bond donors (Lipinski definition) is 2. The zero-order valence-corrected chi connectivity index (χ0v) is 14.1. The average molecular weight is 368 g/mol. The molecule has 0 atom stereocenters. The molecule has 6 nitrogen and oxygen atoms in total. The predicted octanol–water partition coefficient (Wildman–Crippen LogP) is 1.66. The molecule has 1 aromatic rings. The molecule has 21 heavy (non-hydrogen) atoms. The first-order valence-electron chi connectivity index (χ1n) is 6.00. The summed E-state index contributed by atoms with van der Waals surface area (Å²) < 4.78 is 30.3. The van der Waals surface area contributed by atoms with Crippen LogP contribution in [0, 0.1) is 0 Å². The number of thiocarbonyl (C=S) groups is 1. The number of primary sulfonamides is 1. The molecule has 1 fully saturated rings. The molecule has 0 bridgehead atoms. The number of nitrogens with zero attached hydrogens (tertiary/aromatic N) is 1. The Morgan fingerprint density at radius 1 is 1.43 bits per heavy atom. The number of nitrogens with two attached hydrogens (primary N) is 1. The molecule has 0 saturated carbocycles. The summed E-state index contributed by atoms with van der Waals surface area (Å²) in [5.74, 6) is 0. The Kier molecular flexibility index (Phi) is 5.83. The summed E-state index contributed by atoms with van der Waals surface area (Å²) in [7, 11) is -3.77. The van der Waals surface area contributed by atoms with Gasteiger partial charge in [-0.15, -0.1) is 0 Å². The zero-order valence-electron chi connectivity index (χ0n) is 10.9. The molecular formula is C11H14ClN3O3S3. The minimum absolute atomic E-state index is 0.0372. The van der Waals surface area contributed by atoms with Crippen molar-refractivity contribution in [3.05, 3.63) is 23.2 Å². The second-order valence-corrected chi connectivity index (χ2v) is 7.97. The number of nitrogens with one attached hydrogen (secondary N) is 1. The van der Waals surface area contributed by atoms with Gasteiger partial charge in [0.15, 0.2) is 4.32 Å². The maximum absolute atomic E-state index is 11.2. The molecule has 116 valence electrons. The molecule has 0 amide bonds. The number of ether oxygens (including phenoxy) is 1. The smallest absolute Gasteiger partial charge is 0.238 e. The lowest BCUT2D eigenvalue weighted by Crippen LogP contribution is -2.32. The highest BCUT2D eigenvalue weighted by Crippen LogP contribution is 2.26. The van der Waals surface area contributed by atoms with E-state index in [0.717, 1.165) is 13.1 Å². The first-order chi connectivity index (χ1) is 9.86. The zero-order chi connectivity index (χ0) is 15.5. The van der Waals surface area contributed by atoms with Crippen LogP contribution < -0.4 is 10.5 Å². The Hall–Kier alpha value is -0.420. The van der Waals surface area contributed by atoms with Crippen molar-refractivity contribution in [2.45, 2.75) is 4.90 Å². The lowest BCUT2D eigenvalue weighted by atomic mass is 10.3. The van der Waals surface area contributed by atoms with Gasteiger partial charge in [0.25, 0.3) is 0 Å². The van der Waals surface area contributed by atoms with Crippen LogP contribution >= 0.6 is 35.8 Å². The Morgan fingerprint density at radius 2 is 2.10 bits per heavy atom. The summed E-state index contributed by atoms with van der Waals surface area (Å²) in [5, 5.41) is 8.27. The summed E-state index contributed by atoms with van der Waals surface area (Å²) in [6.07, 6.45) is 0. The van der Waals surface area contributed by atoms with Gasteiger partial charge in [-0.25, -0.2) is 17.9 Å². The molecule has 10 heteroatoms. The van der Waals surface area contributed by atoms with Gasteiger partial charge in [0.2, 0.25) is 10.0 Å². The minimum atomic E-state index is -3.77. The van der Waals surface area contributed by atoms with Gasteiger partial charge in [0.1, 0.15) is 0 Å². The van der Waals surface area contributed by atoms with Crippen molar-refractivity contribution in [1.82, 2.24) is 4.31 Å². The summed E-state index contributed by atoms with van der Waals surface area (Å²) in [4.78, 5) is -0.0372. The fraction of sp³-hybridized carbons (Fsp3) is 0.364. The van der Waals surface area contributed by atoms with Gasteiger partial charge in [-0.05, 0) is 30.1 Å². The molecule has 0 aliphatic carbocycles. The first-order valence-corrected chi connectivity index (χ1v) is 9.11. The van der Waals surface area contributed by atoms with E-state index in [1.165, 1.54) is 30.1 Å². The van der Waals surface area contributed by atoms with Crippen LogP contribution in [0.1, 0.15) is 0 Å². The van der Waals surface area contributed by atoms with Gasteiger partial charge in [-0.1, -0.05) is 23.8 Å². The molecule has 0 spiro atoms. The first kappa shape index (κ1) is 16.9. The number of morpholine rings is 1. The molecule has 0 radical (unpaired) electrons. The fourth-order valence-electron chi connectivity index (χ4n) is 1.66. The van der Waals surface area contributed by atoms with Crippen LogP contribution in [0.2, 0.25) is 5.02 Å². The van der Waals surface area contributed by atoms with E-state index in [9.17, 15) is 8.42 Å². The summed E-state index contributed by atoms with van der Waals surface area (Å²) in [6.45, 7) is 2.95. The molecule has 1 aliphatic heterocycles. The molecular weight excluding hydrogens is 354 g/mol. The van der Waals surface area contributed by atoms with E-state index in [2.05, 4.69) is 9.62 Å². The number of halogens is 1. The quantitative estimate of drug-likeness (QED) is 0.620. The van der Waals surface area contributed by atoms with Crippen molar-refractivity contribution in [2.75, 3.05) is 31.6 Å². The predicted molar refractivity (Wildman–Crippen MR) is 89.0 cm³/mol. The number of benzene rings is 1. The van der Waals surface area contributed by atoms with E-state index in [-0.39, 0.29) is 9.92 Å². The van der Waals surface area contributed by atoms with E-state index >= 15 is 0 Å². The molecule has 0 unspecified atom stereocenters. The molecule has 3 N–H and O–H groups in total. The Bertz CT molecular complexity index is 633. The van der Waals surface area contributed by atoms with E-state index < -0.39 is 10.0 Å². The lowest BCUT2D eigenvalue weighted by molar-refractivity contribution is 0.0778. The lowest BCUT2D eigenvalue weighted by Gasteiger charge is -2.25. The SMILES string of the molecule is NS(=O)(=O)c1ccc(NC(=S)SN2CCOCC2)c(Cl)c1. The van der Waals surface area contributed by atoms with Gasteiger partial charge in [-0.2, -0.15) is 0 Å². The maximum atomic E-state index is 11.2. The summed E-state index contributed by atoms with van der Waals surface area (Å²) >= 11 is 12.7. The second-order valence-electron chi connectivity index (χ2n) is 4.23. The molecule has 0 aromatic heterocycles. The third kappa shape index (κ3) is 5.06. The van der Waals surface area contributed by atoms with E-state index in [1.807, 2.05) is 0 Å². The van der Waals surface area contributed by atoms with Gasteiger partial charge >= 0.3 is 0 Å². The number of hydrogen-bond acceptors (Lipinski definition) is 6. The monoisotopic (exact) mass is 367 g/mol. The number of rotatable bonds is 3. The van der Waals surface area contributed by atoms with Gasteiger partial charge in [0.05, 0.1) is 28.8 Å². The fourth-order valence-corrected chi connectivity index (χ4v) is 3.64. The van der Waals surface area contributed by atoms with E-state index in [0.29, 0.717) is 23.2 Å². The highest BCUT2D eigenvalue weighted by molar-refractivity contribution is 8.21. The van der Waals surface area contributed by atoms with Gasteiger partial charge in [0, 0.05) is 13.1 Å².